The van der Waals surface area contributed by atoms with Crippen LogP contribution in [0.4, 0.5) is 11.5 Å². The van der Waals surface area contributed by atoms with Crippen molar-refractivity contribution in [3.63, 3.8) is 0 Å². The number of hydrogen-bond acceptors (Lipinski definition) is 5. The zero-order valence-corrected chi connectivity index (χ0v) is 12.8. The van der Waals surface area contributed by atoms with Gasteiger partial charge in [0.05, 0.1) is 17.0 Å². The van der Waals surface area contributed by atoms with Gasteiger partial charge in [-0.1, -0.05) is 23.7 Å². The van der Waals surface area contributed by atoms with Crippen LogP contribution >= 0.6 is 11.6 Å². The largest absolute Gasteiger partial charge is 0.356 e. The molecule has 116 valence electrons. The maximum Gasteiger partial charge on any atom is 0.249 e. The van der Waals surface area contributed by atoms with Crippen molar-refractivity contribution in [1.82, 2.24) is 19.9 Å². The molecule has 1 aliphatic heterocycles. The number of carbonyl (C=O) groups excluding carboxylic acids is 1. The van der Waals surface area contributed by atoms with E-state index in [1.807, 2.05) is 18.2 Å². The van der Waals surface area contributed by atoms with E-state index >= 15 is 0 Å². The third-order valence-corrected chi connectivity index (χ3v) is 4.20. The smallest absolute Gasteiger partial charge is 0.249 e. The number of rotatable bonds is 3. The molecule has 8 heteroatoms. The fourth-order valence-electron chi connectivity index (χ4n) is 2.76. The Morgan fingerprint density at radius 1 is 1.26 bits per heavy atom. The lowest BCUT2D eigenvalue weighted by Gasteiger charge is -2.18. The minimum absolute atomic E-state index is 0.0237. The molecular formula is C15H13ClN6O. The van der Waals surface area contributed by atoms with Crippen LogP contribution in [-0.2, 0) is 4.79 Å². The van der Waals surface area contributed by atoms with Crippen LogP contribution in [0, 0.1) is 0 Å². The summed E-state index contributed by atoms with van der Waals surface area (Å²) in [5, 5.41) is 3.75. The molecule has 7 nitrogen and oxygen atoms in total. The average Bonchev–Trinajstić information content (AvgIpc) is 3.17. The van der Waals surface area contributed by atoms with Crippen molar-refractivity contribution >= 4 is 40.2 Å². The number of anilines is 2. The molecule has 1 fully saturated rings. The number of hydrogen-bond donors (Lipinski definition) is 2. The monoisotopic (exact) mass is 328 g/mol. The molecule has 1 saturated heterocycles. The molecule has 0 bridgehead atoms. The Hall–Kier alpha value is -2.67. The summed E-state index contributed by atoms with van der Waals surface area (Å²) >= 11 is 6.19. The normalized spacial score (nSPS) is 17.9. The van der Waals surface area contributed by atoms with Gasteiger partial charge in [0.25, 0.3) is 0 Å². The SMILES string of the molecule is O=C1[C@@H](Nc2ncnc3nc[nH]c23)CCN1c1ccccc1Cl. The summed E-state index contributed by atoms with van der Waals surface area (Å²) < 4.78 is 0. The highest BCUT2D eigenvalue weighted by Crippen LogP contribution is 2.30. The van der Waals surface area contributed by atoms with Gasteiger partial charge in [-0.2, -0.15) is 0 Å². The van der Waals surface area contributed by atoms with Crippen molar-refractivity contribution in [2.45, 2.75) is 12.5 Å². The van der Waals surface area contributed by atoms with Crippen molar-refractivity contribution in [1.29, 1.82) is 0 Å². The Bertz CT molecular complexity index is 879. The number of nitrogens with zero attached hydrogens (tertiary/aromatic N) is 4. The lowest BCUT2D eigenvalue weighted by molar-refractivity contribution is -0.117. The number of aromatic amines is 1. The van der Waals surface area contributed by atoms with Crippen LogP contribution in [0.2, 0.25) is 5.02 Å². The van der Waals surface area contributed by atoms with Gasteiger partial charge in [0.15, 0.2) is 11.5 Å². The molecule has 0 aliphatic carbocycles. The highest BCUT2D eigenvalue weighted by Gasteiger charge is 2.34. The zero-order chi connectivity index (χ0) is 15.8. The van der Waals surface area contributed by atoms with Crippen LogP contribution in [0.3, 0.4) is 0 Å². The Labute approximate surface area is 136 Å². The number of aromatic nitrogens is 4. The Morgan fingerprint density at radius 2 is 2.13 bits per heavy atom. The number of benzene rings is 1. The molecule has 1 amide bonds. The zero-order valence-electron chi connectivity index (χ0n) is 12.0. The molecule has 2 aromatic heterocycles. The van der Waals surface area contributed by atoms with Crippen molar-refractivity contribution in [3.05, 3.63) is 41.9 Å². The lowest BCUT2D eigenvalue weighted by Crippen LogP contribution is -2.33. The fraction of sp³-hybridized carbons (Fsp3) is 0.200. The van der Waals surface area contributed by atoms with Gasteiger partial charge in [-0.25, -0.2) is 15.0 Å². The third kappa shape index (κ3) is 2.39. The minimum Gasteiger partial charge on any atom is -0.356 e. The van der Waals surface area contributed by atoms with Gasteiger partial charge in [-0.15, -0.1) is 0 Å². The Morgan fingerprint density at radius 3 is 3.00 bits per heavy atom. The predicted molar refractivity (Wildman–Crippen MR) is 87.5 cm³/mol. The number of halogens is 1. The molecule has 3 heterocycles. The minimum atomic E-state index is -0.354. The maximum absolute atomic E-state index is 12.7. The van der Waals surface area contributed by atoms with E-state index < -0.39 is 0 Å². The van der Waals surface area contributed by atoms with Crippen LogP contribution in [0.15, 0.2) is 36.9 Å². The van der Waals surface area contributed by atoms with Crippen molar-refractivity contribution in [2.75, 3.05) is 16.8 Å². The van der Waals surface area contributed by atoms with E-state index in [0.717, 1.165) is 5.69 Å². The maximum atomic E-state index is 12.7. The van der Waals surface area contributed by atoms with Crippen molar-refractivity contribution < 1.29 is 4.79 Å². The molecule has 0 radical (unpaired) electrons. The first-order valence-electron chi connectivity index (χ1n) is 7.20. The first-order chi connectivity index (χ1) is 11.2. The summed E-state index contributed by atoms with van der Waals surface area (Å²) in [6.07, 6.45) is 3.65. The van der Waals surface area contributed by atoms with E-state index in [-0.39, 0.29) is 11.9 Å². The summed E-state index contributed by atoms with van der Waals surface area (Å²) in [5.41, 5.74) is 1.99. The van der Waals surface area contributed by atoms with E-state index in [1.165, 1.54) is 6.33 Å². The van der Waals surface area contributed by atoms with Crippen LogP contribution in [0.25, 0.3) is 11.2 Å². The number of para-hydroxylation sites is 1. The molecule has 1 aliphatic rings. The molecule has 4 rings (SSSR count). The van der Waals surface area contributed by atoms with E-state index in [9.17, 15) is 4.79 Å². The van der Waals surface area contributed by atoms with Gasteiger partial charge < -0.3 is 15.2 Å². The fourth-order valence-corrected chi connectivity index (χ4v) is 3.00. The summed E-state index contributed by atoms with van der Waals surface area (Å²) in [5.74, 6) is 0.552. The summed E-state index contributed by atoms with van der Waals surface area (Å²) in [6.45, 7) is 0.609. The molecular weight excluding hydrogens is 316 g/mol. The molecule has 1 aromatic carbocycles. The molecule has 1 atom stereocenters. The molecule has 0 spiro atoms. The van der Waals surface area contributed by atoms with Gasteiger partial charge in [0, 0.05) is 6.54 Å². The summed E-state index contributed by atoms with van der Waals surface area (Å²) in [4.78, 5) is 29.7. The third-order valence-electron chi connectivity index (χ3n) is 3.88. The van der Waals surface area contributed by atoms with Crippen molar-refractivity contribution in [2.24, 2.45) is 0 Å². The number of fused-ring (bicyclic) bond motifs is 1. The predicted octanol–water partition coefficient (Wildman–Crippen LogP) is 2.22. The van der Waals surface area contributed by atoms with Crippen LogP contribution in [0.5, 0.6) is 0 Å². The lowest BCUT2D eigenvalue weighted by atomic mass is 10.2. The summed E-state index contributed by atoms with van der Waals surface area (Å²) in [7, 11) is 0. The van der Waals surface area contributed by atoms with Gasteiger partial charge in [-0.3, -0.25) is 4.79 Å². The van der Waals surface area contributed by atoms with Gasteiger partial charge in [0.2, 0.25) is 5.91 Å². The Balaban J connectivity index is 1.59. The molecule has 0 unspecified atom stereocenters. The van der Waals surface area contributed by atoms with E-state index in [0.29, 0.717) is 35.0 Å². The molecule has 3 aromatic rings. The quantitative estimate of drug-likeness (QED) is 0.770. The second-order valence-corrected chi connectivity index (χ2v) is 5.66. The highest BCUT2D eigenvalue weighted by molar-refractivity contribution is 6.34. The highest BCUT2D eigenvalue weighted by atomic mass is 35.5. The topological polar surface area (TPSA) is 86.8 Å². The molecule has 0 saturated carbocycles. The second-order valence-electron chi connectivity index (χ2n) is 5.25. The van der Waals surface area contributed by atoms with Gasteiger partial charge in [0.1, 0.15) is 17.9 Å². The molecule has 23 heavy (non-hydrogen) atoms. The average molecular weight is 329 g/mol. The van der Waals surface area contributed by atoms with Gasteiger partial charge in [-0.05, 0) is 18.6 Å². The van der Waals surface area contributed by atoms with E-state index in [4.69, 9.17) is 11.6 Å². The van der Waals surface area contributed by atoms with Crippen LogP contribution < -0.4 is 10.2 Å². The van der Waals surface area contributed by atoms with Crippen LogP contribution in [0.1, 0.15) is 6.42 Å². The van der Waals surface area contributed by atoms with E-state index in [1.54, 1.807) is 17.3 Å². The first-order valence-corrected chi connectivity index (χ1v) is 7.58. The number of carbonyl (C=O) groups is 1. The van der Waals surface area contributed by atoms with Crippen LogP contribution in [-0.4, -0.2) is 38.4 Å². The number of nitrogens with one attached hydrogen (secondary N) is 2. The number of imidazole rings is 1. The van der Waals surface area contributed by atoms with Gasteiger partial charge >= 0.3 is 0 Å². The second kappa shape index (κ2) is 5.51. The van der Waals surface area contributed by atoms with E-state index in [2.05, 4.69) is 25.3 Å². The standard InChI is InChI=1S/C15H13ClN6O/c16-9-3-1-2-4-11(9)22-6-5-10(15(22)23)21-14-12-13(18-7-17-12)19-8-20-14/h1-4,7-8,10H,5-6H2,(H2,17,18,19,20,21)/t10-/m0/s1. The molecule has 2 N–H and O–H groups in total. The first kappa shape index (κ1) is 14.0. The Kier molecular flexibility index (Phi) is 3.34. The summed E-state index contributed by atoms with van der Waals surface area (Å²) in [6, 6.07) is 6.99. The number of amides is 1. The van der Waals surface area contributed by atoms with Crippen molar-refractivity contribution in [3.8, 4) is 0 Å². The number of H-pyrrole nitrogens is 1.